The Morgan fingerprint density at radius 3 is 3.06 bits per heavy atom. The molecule has 0 fully saturated rings. The minimum Gasteiger partial charge on any atom is -0.374 e. The van der Waals surface area contributed by atoms with Gasteiger partial charge < -0.3 is 11.1 Å². The Hall–Kier alpha value is -1.11. The maximum atomic E-state index is 5.95. The molecule has 4 nitrogen and oxygen atoms in total. The SMILES string of the molecule is NC(=S)n1nc(-c2ccc(Cl)s2)c2c1NCC2. The molecule has 17 heavy (non-hydrogen) atoms. The molecule has 3 N–H and O–H groups in total. The highest BCUT2D eigenvalue weighted by Crippen LogP contribution is 2.37. The average molecular weight is 285 g/mol. The maximum Gasteiger partial charge on any atom is 0.193 e. The zero-order chi connectivity index (χ0) is 12.0. The molecule has 3 heterocycles. The van der Waals surface area contributed by atoms with E-state index >= 15 is 0 Å². The van der Waals surface area contributed by atoms with E-state index in [0.717, 1.165) is 39.3 Å². The minimum atomic E-state index is 0.254. The first-order valence-corrected chi connectivity index (χ1v) is 6.68. The van der Waals surface area contributed by atoms with Crippen LogP contribution in [0, 0.1) is 0 Å². The molecule has 0 saturated heterocycles. The highest BCUT2D eigenvalue weighted by molar-refractivity contribution is 7.80. The van der Waals surface area contributed by atoms with Crippen LogP contribution in [0.5, 0.6) is 0 Å². The van der Waals surface area contributed by atoms with Crippen LogP contribution in [0.4, 0.5) is 5.82 Å². The van der Waals surface area contributed by atoms with E-state index in [9.17, 15) is 0 Å². The van der Waals surface area contributed by atoms with Gasteiger partial charge in [0.2, 0.25) is 0 Å². The molecular weight excluding hydrogens is 276 g/mol. The highest BCUT2D eigenvalue weighted by atomic mass is 35.5. The second-order valence-electron chi connectivity index (χ2n) is 3.71. The highest BCUT2D eigenvalue weighted by Gasteiger charge is 2.24. The fourth-order valence-corrected chi connectivity index (χ4v) is 3.16. The van der Waals surface area contributed by atoms with E-state index in [2.05, 4.69) is 10.4 Å². The molecule has 0 spiro atoms. The van der Waals surface area contributed by atoms with Gasteiger partial charge in [-0.25, -0.2) is 0 Å². The lowest BCUT2D eigenvalue weighted by Gasteiger charge is -2.01. The third kappa shape index (κ3) is 1.72. The van der Waals surface area contributed by atoms with Gasteiger partial charge in [-0.2, -0.15) is 9.78 Å². The number of aromatic nitrogens is 2. The third-order valence-electron chi connectivity index (χ3n) is 2.67. The van der Waals surface area contributed by atoms with E-state index in [1.54, 1.807) is 4.68 Å². The molecule has 1 aliphatic heterocycles. The number of nitrogens with two attached hydrogens (primary N) is 1. The van der Waals surface area contributed by atoms with Crippen molar-refractivity contribution in [2.45, 2.75) is 6.42 Å². The van der Waals surface area contributed by atoms with Crippen LogP contribution < -0.4 is 11.1 Å². The molecule has 3 rings (SSSR count). The Balaban J connectivity index is 2.18. The molecule has 7 heteroatoms. The number of thiocarbonyl (C=S) groups is 1. The first-order chi connectivity index (χ1) is 8.16. The predicted octanol–water partition coefficient (Wildman–Crippen LogP) is 2.32. The van der Waals surface area contributed by atoms with Crippen LogP contribution in [-0.4, -0.2) is 21.4 Å². The summed E-state index contributed by atoms with van der Waals surface area (Å²) in [6.07, 6.45) is 0.933. The van der Waals surface area contributed by atoms with Gasteiger partial charge in [0.1, 0.15) is 11.5 Å². The molecule has 0 aromatic carbocycles. The van der Waals surface area contributed by atoms with Crippen LogP contribution in [0.3, 0.4) is 0 Å². The molecule has 0 unspecified atom stereocenters. The molecule has 0 bridgehead atoms. The van der Waals surface area contributed by atoms with Gasteiger partial charge in [0.05, 0.1) is 9.21 Å². The second kappa shape index (κ2) is 3.97. The predicted molar refractivity (Wildman–Crippen MR) is 74.9 cm³/mol. The molecule has 0 amide bonds. The largest absolute Gasteiger partial charge is 0.374 e. The Morgan fingerprint density at radius 1 is 1.59 bits per heavy atom. The van der Waals surface area contributed by atoms with E-state index < -0.39 is 0 Å². The van der Waals surface area contributed by atoms with E-state index in [1.165, 1.54) is 11.3 Å². The van der Waals surface area contributed by atoms with Crippen molar-refractivity contribution in [2.24, 2.45) is 5.73 Å². The van der Waals surface area contributed by atoms with E-state index in [4.69, 9.17) is 29.6 Å². The molecule has 0 aliphatic carbocycles. The lowest BCUT2D eigenvalue weighted by atomic mass is 10.2. The fraction of sp³-hybridized carbons (Fsp3) is 0.200. The van der Waals surface area contributed by atoms with Crippen molar-refractivity contribution in [3.63, 3.8) is 0 Å². The number of halogens is 1. The number of thiophene rings is 1. The van der Waals surface area contributed by atoms with E-state index in [-0.39, 0.29) is 5.11 Å². The smallest absolute Gasteiger partial charge is 0.193 e. The molecule has 2 aromatic heterocycles. The van der Waals surface area contributed by atoms with Crippen LogP contribution in [0.1, 0.15) is 5.56 Å². The molecule has 88 valence electrons. The monoisotopic (exact) mass is 284 g/mol. The Kier molecular flexibility index (Phi) is 2.57. The zero-order valence-corrected chi connectivity index (χ0v) is 11.1. The van der Waals surface area contributed by atoms with Crippen molar-refractivity contribution in [3.05, 3.63) is 22.0 Å². The minimum absolute atomic E-state index is 0.254. The van der Waals surface area contributed by atoms with Crippen molar-refractivity contribution in [1.82, 2.24) is 9.78 Å². The normalized spacial score (nSPS) is 13.5. The van der Waals surface area contributed by atoms with Gasteiger partial charge in [-0.15, -0.1) is 11.3 Å². The second-order valence-corrected chi connectivity index (χ2v) is 5.84. The van der Waals surface area contributed by atoms with Crippen molar-refractivity contribution < 1.29 is 0 Å². The third-order valence-corrected chi connectivity index (χ3v) is 4.08. The van der Waals surface area contributed by atoms with Crippen molar-refractivity contribution in [1.29, 1.82) is 0 Å². The van der Waals surface area contributed by atoms with Gasteiger partial charge in [0.15, 0.2) is 5.11 Å². The summed E-state index contributed by atoms with van der Waals surface area (Å²) in [4.78, 5) is 1.05. The summed E-state index contributed by atoms with van der Waals surface area (Å²) in [6, 6.07) is 3.84. The Bertz CT molecular complexity index is 601. The topological polar surface area (TPSA) is 55.9 Å². The van der Waals surface area contributed by atoms with E-state index in [0.29, 0.717) is 0 Å². The van der Waals surface area contributed by atoms with Gasteiger partial charge in [-0.3, -0.25) is 0 Å². The summed E-state index contributed by atoms with van der Waals surface area (Å²) >= 11 is 12.4. The maximum absolute atomic E-state index is 5.95. The van der Waals surface area contributed by atoms with Crippen LogP contribution >= 0.6 is 35.2 Å². The number of anilines is 1. The zero-order valence-electron chi connectivity index (χ0n) is 8.74. The van der Waals surface area contributed by atoms with Gasteiger partial charge >= 0.3 is 0 Å². The van der Waals surface area contributed by atoms with Crippen LogP contribution in [0.15, 0.2) is 12.1 Å². The summed E-state index contributed by atoms with van der Waals surface area (Å²) in [6.45, 7) is 0.891. The van der Waals surface area contributed by atoms with Crippen LogP contribution in [0.25, 0.3) is 10.6 Å². The van der Waals surface area contributed by atoms with Crippen molar-refractivity contribution in [2.75, 3.05) is 11.9 Å². The summed E-state index contributed by atoms with van der Waals surface area (Å²) < 4.78 is 2.34. The summed E-state index contributed by atoms with van der Waals surface area (Å²) in [5.74, 6) is 0.914. The van der Waals surface area contributed by atoms with Gasteiger partial charge in [-0.05, 0) is 30.8 Å². The van der Waals surface area contributed by atoms with Crippen molar-refractivity contribution >= 4 is 46.1 Å². The first-order valence-electron chi connectivity index (χ1n) is 5.08. The first kappa shape index (κ1) is 11.0. The number of hydrogen-bond acceptors (Lipinski definition) is 4. The standard InChI is InChI=1S/C10H9ClN4S2/c11-7-2-1-6(17-7)8-5-3-4-13-9(5)15(14-8)10(12)16/h1-2,13H,3-4H2,(H2,12,16). The molecule has 0 saturated carbocycles. The lowest BCUT2D eigenvalue weighted by Crippen LogP contribution is -2.22. The number of nitrogens with zero attached hydrogens (tertiary/aromatic N) is 2. The number of hydrogen-bond donors (Lipinski definition) is 2. The molecule has 0 radical (unpaired) electrons. The molecule has 0 atom stereocenters. The number of rotatable bonds is 1. The van der Waals surface area contributed by atoms with Gasteiger partial charge in [0, 0.05) is 12.1 Å². The fourth-order valence-electron chi connectivity index (χ4n) is 1.97. The molecule has 1 aliphatic rings. The van der Waals surface area contributed by atoms with Crippen LogP contribution in [-0.2, 0) is 6.42 Å². The van der Waals surface area contributed by atoms with E-state index in [1.807, 2.05) is 12.1 Å². The summed E-state index contributed by atoms with van der Waals surface area (Å²) in [5.41, 5.74) is 7.74. The Morgan fingerprint density at radius 2 is 2.41 bits per heavy atom. The molecular formula is C10H9ClN4S2. The number of nitrogens with one attached hydrogen (secondary N) is 1. The van der Waals surface area contributed by atoms with Crippen molar-refractivity contribution in [3.8, 4) is 10.6 Å². The Labute approximate surface area is 112 Å². The lowest BCUT2D eigenvalue weighted by molar-refractivity contribution is 0.937. The number of fused-ring (bicyclic) bond motifs is 1. The average Bonchev–Trinajstić information content (AvgIpc) is 2.90. The summed E-state index contributed by atoms with van der Waals surface area (Å²) in [7, 11) is 0. The molecule has 2 aromatic rings. The quantitative estimate of drug-likeness (QED) is 0.789. The van der Waals surface area contributed by atoms with Gasteiger partial charge in [0.25, 0.3) is 0 Å². The van der Waals surface area contributed by atoms with Crippen LogP contribution in [0.2, 0.25) is 4.34 Å². The summed E-state index contributed by atoms with van der Waals surface area (Å²) in [5, 5.41) is 7.96. The van der Waals surface area contributed by atoms with Gasteiger partial charge in [-0.1, -0.05) is 11.6 Å².